The predicted octanol–water partition coefficient (Wildman–Crippen LogP) is 0.799. The third-order valence-electron chi connectivity index (χ3n) is 1.04. The second-order valence-corrected chi connectivity index (χ2v) is 2.60. The molecular formula is C7H5BrO3. The molecule has 3 nitrogen and oxygen atoms in total. The van der Waals surface area contributed by atoms with E-state index in [0.717, 1.165) is 0 Å². The van der Waals surface area contributed by atoms with Crippen LogP contribution in [0.4, 0.5) is 0 Å². The van der Waals surface area contributed by atoms with Crippen molar-refractivity contribution in [3.05, 3.63) is 10.4 Å². The van der Waals surface area contributed by atoms with E-state index in [-0.39, 0.29) is 24.9 Å². The van der Waals surface area contributed by atoms with Gasteiger partial charge in [-0.1, -0.05) is 5.92 Å². The number of ketones is 1. The first-order valence-corrected chi connectivity index (χ1v) is 3.67. The van der Waals surface area contributed by atoms with E-state index >= 15 is 0 Å². The van der Waals surface area contributed by atoms with Crippen LogP contribution in [0.15, 0.2) is 10.4 Å². The minimum Gasteiger partial charge on any atom is -0.456 e. The zero-order valence-corrected chi connectivity index (χ0v) is 7.18. The molecule has 0 unspecified atom stereocenters. The molecule has 0 fully saturated rings. The summed E-state index contributed by atoms with van der Waals surface area (Å²) in [6, 6.07) is 0. The maximum Gasteiger partial charge on any atom is 0.299 e. The van der Waals surface area contributed by atoms with Gasteiger partial charge in [0.2, 0.25) is 5.78 Å². The number of ether oxygens (including phenoxy) is 2. The summed E-state index contributed by atoms with van der Waals surface area (Å²) in [6.07, 6.45) is 4.93. The number of hydrogen-bond acceptors (Lipinski definition) is 3. The molecule has 0 saturated carbocycles. The van der Waals surface area contributed by atoms with Gasteiger partial charge in [0.05, 0.1) is 0 Å². The molecule has 0 N–H and O–H groups in total. The highest BCUT2D eigenvalue weighted by molar-refractivity contribution is 9.12. The molecule has 0 aromatic rings. The summed E-state index contributed by atoms with van der Waals surface area (Å²) >= 11 is 3.01. The monoisotopic (exact) mass is 216 g/mol. The van der Waals surface area contributed by atoms with Crippen molar-refractivity contribution < 1.29 is 14.3 Å². The minimum atomic E-state index is -0.128. The molecule has 1 aliphatic heterocycles. The summed E-state index contributed by atoms with van der Waals surface area (Å²) < 4.78 is 10.1. The van der Waals surface area contributed by atoms with Gasteiger partial charge < -0.3 is 9.47 Å². The number of carbonyl (C=O) groups is 1. The van der Waals surface area contributed by atoms with E-state index in [0.29, 0.717) is 4.48 Å². The van der Waals surface area contributed by atoms with Gasteiger partial charge in [0.1, 0.15) is 4.48 Å². The third-order valence-corrected chi connectivity index (χ3v) is 1.81. The van der Waals surface area contributed by atoms with Crippen LogP contribution >= 0.6 is 15.9 Å². The molecule has 0 amide bonds. The molecule has 0 atom stereocenters. The zero-order valence-electron chi connectivity index (χ0n) is 5.59. The van der Waals surface area contributed by atoms with Crippen molar-refractivity contribution in [2.45, 2.75) is 0 Å². The first kappa shape index (κ1) is 8.15. The molecule has 4 heteroatoms. The smallest absolute Gasteiger partial charge is 0.299 e. The lowest BCUT2D eigenvalue weighted by Gasteiger charge is -2.00. The number of carbonyl (C=O) groups excluding carboxylic acids is 1. The Kier molecular flexibility index (Phi) is 2.55. The van der Waals surface area contributed by atoms with Crippen LogP contribution in [0.3, 0.4) is 0 Å². The minimum absolute atomic E-state index is 0.0283. The Morgan fingerprint density at radius 1 is 1.82 bits per heavy atom. The van der Waals surface area contributed by atoms with Gasteiger partial charge >= 0.3 is 0 Å². The van der Waals surface area contributed by atoms with Gasteiger partial charge in [0.25, 0.3) is 5.95 Å². The van der Waals surface area contributed by atoms with E-state index in [1.165, 1.54) is 0 Å². The highest BCUT2D eigenvalue weighted by Crippen LogP contribution is 2.21. The standard InChI is InChI=1S/C7H5BrO3/c1-2-3-10-7-6(8)5(9)4-11-7/h1H,3-4H2. The fourth-order valence-electron chi connectivity index (χ4n) is 0.584. The fraction of sp³-hybridized carbons (Fsp3) is 0.286. The number of hydrogen-bond donors (Lipinski definition) is 0. The number of terminal acetylenes is 1. The van der Waals surface area contributed by atoms with Crippen LogP contribution in [0.1, 0.15) is 0 Å². The quantitative estimate of drug-likeness (QED) is 0.641. The van der Waals surface area contributed by atoms with Crippen molar-refractivity contribution in [1.29, 1.82) is 0 Å². The van der Waals surface area contributed by atoms with Crippen LogP contribution in [-0.4, -0.2) is 19.0 Å². The van der Waals surface area contributed by atoms with Crippen molar-refractivity contribution in [3.8, 4) is 12.3 Å². The normalized spacial score (nSPS) is 16.2. The molecule has 0 spiro atoms. The molecule has 0 aromatic carbocycles. The predicted molar refractivity (Wildman–Crippen MR) is 41.7 cm³/mol. The summed E-state index contributed by atoms with van der Waals surface area (Å²) in [4.78, 5) is 10.8. The lowest BCUT2D eigenvalue weighted by Crippen LogP contribution is -1.95. The van der Waals surface area contributed by atoms with E-state index in [4.69, 9.17) is 15.9 Å². The Hall–Kier alpha value is -0.950. The largest absolute Gasteiger partial charge is 0.456 e. The third kappa shape index (κ3) is 1.75. The average Bonchev–Trinajstić information content (AvgIpc) is 2.31. The molecule has 0 aliphatic carbocycles. The van der Waals surface area contributed by atoms with Crippen molar-refractivity contribution >= 4 is 21.7 Å². The van der Waals surface area contributed by atoms with E-state index in [2.05, 4.69) is 21.9 Å². The number of Topliss-reactive ketones (excluding diaryl/α,β-unsaturated/α-hetero) is 1. The highest BCUT2D eigenvalue weighted by Gasteiger charge is 2.23. The maximum atomic E-state index is 10.8. The Balaban J connectivity index is 2.59. The van der Waals surface area contributed by atoms with Crippen LogP contribution in [0.2, 0.25) is 0 Å². The van der Waals surface area contributed by atoms with Gasteiger partial charge in [-0.05, 0) is 15.9 Å². The van der Waals surface area contributed by atoms with Crippen LogP contribution < -0.4 is 0 Å². The lowest BCUT2D eigenvalue weighted by molar-refractivity contribution is -0.116. The van der Waals surface area contributed by atoms with Gasteiger partial charge in [-0.2, -0.15) is 0 Å². The SMILES string of the molecule is C#CCOC1=C(Br)C(=O)CO1. The molecule has 1 aliphatic rings. The molecule has 1 rings (SSSR count). The van der Waals surface area contributed by atoms with E-state index in [1.54, 1.807) is 0 Å². The van der Waals surface area contributed by atoms with Gasteiger partial charge in [0, 0.05) is 0 Å². The van der Waals surface area contributed by atoms with Crippen molar-refractivity contribution in [2.24, 2.45) is 0 Å². The number of halogens is 1. The van der Waals surface area contributed by atoms with E-state index in [1.807, 2.05) is 0 Å². The Morgan fingerprint density at radius 3 is 3.00 bits per heavy atom. The molecule has 0 radical (unpaired) electrons. The van der Waals surface area contributed by atoms with E-state index in [9.17, 15) is 4.79 Å². The molecule has 0 bridgehead atoms. The van der Waals surface area contributed by atoms with E-state index < -0.39 is 0 Å². The van der Waals surface area contributed by atoms with Gasteiger partial charge in [0.15, 0.2) is 13.2 Å². The molecular weight excluding hydrogens is 212 g/mol. The summed E-state index contributed by atoms with van der Waals surface area (Å²) in [5, 5.41) is 0. The van der Waals surface area contributed by atoms with Gasteiger partial charge in [-0.25, -0.2) is 0 Å². The summed E-state index contributed by atoms with van der Waals surface area (Å²) in [6.45, 7) is 0.137. The Morgan fingerprint density at radius 2 is 2.55 bits per heavy atom. The van der Waals surface area contributed by atoms with Crippen molar-refractivity contribution in [1.82, 2.24) is 0 Å². The molecule has 58 valence electrons. The number of rotatable bonds is 2. The molecule has 0 aromatic heterocycles. The highest BCUT2D eigenvalue weighted by atomic mass is 79.9. The zero-order chi connectivity index (χ0) is 8.27. The maximum absolute atomic E-state index is 10.8. The fourth-order valence-corrected chi connectivity index (χ4v) is 0.927. The van der Waals surface area contributed by atoms with Gasteiger partial charge in [-0.3, -0.25) is 4.79 Å². The van der Waals surface area contributed by atoms with Crippen molar-refractivity contribution in [2.75, 3.05) is 13.2 Å². The average molecular weight is 217 g/mol. The van der Waals surface area contributed by atoms with Crippen molar-refractivity contribution in [3.63, 3.8) is 0 Å². The second-order valence-electron chi connectivity index (χ2n) is 1.81. The lowest BCUT2D eigenvalue weighted by atomic mass is 10.4. The second kappa shape index (κ2) is 3.44. The topological polar surface area (TPSA) is 35.5 Å². The summed E-state index contributed by atoms with van der Waals surface area (Å²) in [5.74, 6) is 2.32. The Bertz CT molecular complexity index is 249. The van der Waals surface area contributed by atoms with Crippen LogP contribution in [-0.2, 0) is 14.3 Å². The first-order chi connectivity index (χ1) is 5.25. The van der Waals surface area contributed by atoms with Crippen LogP contribution in [0, 0.1) is 12.3 Å². The molecule has 1 heterocycles. The Labute approximate surface area is 72.5 Å². The first-order valence-electron chi connectivity index (χ1n) is 2.87. The molecule has 0 saturated heterocycles. The van der Waals surface area contributed by atoms with Crippen LogP contribution in [0.25, 0.3) is 0 Å². The molecule has 11 heavy (non-hydrogen) atoms. The van der Waals surface area contributed by atoms with Crippen LogP contribution in [0.5, 0.6) is 0 Å². The van der Waals surface area contributed by atoms with Gasteiger partial charge in [-0.15, -0.1) is 6.42 Å². The summed E-state index contributed by atoms with van der Waals surface area (Å²) in [5.41, 5.74) is 0. The summed E-state index contributed by atoms with van der Waals surface area (Å²) in [7, 11) is 0.